The molecule has 6 nitrogen and oxygen atoms in total. The van der Waals surface area contributed by atoms with Gasteiger partial charge in [-0.05, 0) is 35.7 Å². The standard InChI is InChI=1S/C19H24N2O4S/c1-4-16-7-5-6-8-18(16)21(26(3,23)24)14-19(22)20-13-15-9-11-17(25-2)12-10-15/h5-12H,4,13-14H2,1-3H3,(H,20,22). The van der Waals surface area contributed by atoms with E-state index in [1.54, 1.807) is 19.2 Å². The lowest BCUT2D eigenvalue weighted by Gasteiger charge is -2.24. The maximum atomic E-state index is 12.3. The van der Waals surface area contributed by atoms with Crippen molar-refractivity contribution in [3.63, 3.8) is 0 Å². The number of carbonyl (C=O) groups is 1. The molecule has 7 heteroatoms. The van der Waals surface area contributed by atoms with E-state index in [9.17, 15) is 13.2 Å². The van der Waals surface area contributed by atoms with Gasteiger partial charge in [0.2, 0.25) is 15.9 Å². The molecule has 0 heterocycles. The van der Waals surface area contributed by atoms with E-state index in [0.29, 0.717) is 18.7 Å². The zero-order valence-electron chi connectivity index (χ0n) is 15.2. The summed E-state index contributed by atoms with van der Waals surface area (Å²) in [5.74, 6) is 0.372. The van der Waals surface area contributed by atoms with Crippen LogP contribution in [0.2, 0.25) is 0 Å². The van der Waals surface area contributed by atoms with E-state index in [2.05, 4.69) is 5.32 Å². The molecule has 0 saturated heterocycles. The predicted octanol–water partition coefficient (Wildman–Crippen LogP) is 2.34. The number of hydrogen-bond acceptors (Lipinski definition) is 4. The third-order valence-corrected chi connectivity index (χ3v) is 5.10. The van der Waals surface area contributed by atoms with Gasteiger partial charge in [0.1, 0.15) is 12.3 Å². The van der Waals surface area contributed by atoms with E-state index in [4.69, 9.17) is 4.74 Å². The Morgan fingerprint density at radius 2 is 1.77 bits per heavy atom. The highest BCUT2D eigenvalue weighted by Gasteiger charge is 2.22. The van der Waals surface area contributed by atoms with Gasteiger partial charge in [-0.15, -0.1) is 0 Å². The van der Waals surface area contributed by atoms with Gasteiger partial charge in [0.15, 0.2) is 0 Å². The molecule has 0 fully saturated rings. The zero-order valence-corrected chi connectivity index (χ0v) is 16.0. The molecule has 0 radical (unpaired) electrons. The fraction of sp³-hybridized carbons (Fsp3) is 0.316. The number of aryl methyl sites for hydroxylation is 1. The second-order valence-corrected chi connectivity index (χ2v) is 7.78. The van der Waals surface area contributed by atoms with Crippen molar-refractivity contribution >= 4 is 21.6 Å². The summed E-state index contributed by atoms with van der Waals surface area (Å²) < 4.78 is 30.7. The lowest BCUT2D eigenvalue weighted by atomic mass is 10.1. The predicted molar refractivity (Wildman–Crippen MR) is 103 cm³/mol. The number of methoxy groups -OCH3 is 1. The van der Waals surface area contributed by atoms with E-state index >= 15 is 0 Å². The maximum absolute atomic E-state index is 12.3. The molecule has 2 aromatic rings. The Labute approximate surface area is 154 Å². The van der Waals surface area contributed by atoms with Crippen LogP contribution < -0.4 is 14.4 Å². The van der Waals surface area contributed by atoms with Crippen molar-refractivity contribution in [3.8, 4) is 5.75 Å². The van der Waals surface area contributed by atoms with Gasteiger partial charge in [0, 0.05) is 6.54 Å². The Bertz CT molecular complexity index is 848. The van der Waals surface area contributed by atoms with Crippen molar-refractivity contribution in [1.29, 1.82) is 0 Å². The highest BCUT2D eigenvalue weighted by molar-refractivity contribution is 7.92. The van der Waals surface area contributed by atoms with Crippen LogP contribution in [0.3, 0.4) is 0 Å². The molecule has 0 unspecified atom stereocenters. The zero-order chi connectivity index (χ0) is 19.2. The molecule has 2 aromatic carbocycles. The van der Waals surface area contributed by atoms with Gasteiger partial charge >= 0.3 is 0 Å². The smallest absolute Gasteiger partial charge is 0.241 e. The highest BCUT2D eigenvalue weighted by atomic mass is 32.2. The van der Waals surface area contributed by atoms with E-state index < -0.39 is 10.0 Å². The van der Waals surface area contributed by atoms with Crippen molar-refractivity contribution in [2.75, 3.05) is 24.2 Å². The molecule has 2 rings (SSSR count). The Morgan fingerprint density at radius 1 is 1.12 bits per heavy atom. The molecule has 1 amide bonds. The van der Waals surface area contributed by atoms with Crippen molar-refractivity contribution in [2.45, 2.75) is 19.9 Å². The number of sulfonamides is 1. The number of carbonyl (C=O) groups excluding carboxylic acids is 1. The van der Waals surface area contributed by atoms with Crippen LogP contribution in [0.15, 0.2) is 48.5 Å². The van der Waals surface area contributed by atoms with Gasteiger partial charge in [-0.2, -0.15) is 0 Å². The molecule has 0 aliphatic carbocycles. The first-order valence-corrected chi connectivity index (χ1v) is 10.1. The second kappa shape index (κ2) is 8.71. The molecule has 1 N–H and O–H groups in total. The number of ether oxygens (including phenoxy) is 1. The number of nitrogens with zero attached hydrogens (tertiary/aromatic N) is 1. The molecule has 0 aliphatic rings. The molecular formula is C19H24N2O4S. The minimum Gasteiger partial charge on any atom is -0.497 e. The first-order chi connectivity index (χ1) is 12.3. The van der Waals surface area contributed by atoms with Crippen molar-refractivity contribution < 1.29 is 17.9 Å². The van der Waals surface area contributed by atoms with Gasteiger partial charge in [0.25, 0.3) is 0 Å². The Hall–Kier alpha value is -2.54. The summed E-state index contributed by atoms with van der Waals surface area (Å²) in [6, 6.07) is 14.5. The van der Waals surface area contributed by atoms with E-state index in [0.717, 1.165) is 27.4 Å². The van der Waals surface area contributed by atoms with Crippen LogP contribution in [0.1, 0.15) is 18.1 Å². The van der Waals surface area contributed by atoms with E-state index in [1.807, 2.05) is 43.3 Å². The minimum absolute atomic E-state index is 0.258. The largest absolute Gasteiger partial charge is 0.497 e. The van der Waals surface area contributed by atoms with Gasteiger partial charge in [0.05, 0.1) is 19.1 Å². The number of benzene rings is 2. The van der Waals surface area contributed by atoms with Crippen molar-refractivity contribution in [3.05, 3.63) is 59.7 Å². The maximum Gasteiger partial charge on any atom is 0.241 e. The average molecular weight is 376 g/mol. The molecule has 0 atom stereocenters. The number of hydrogen-bond donors (Lipinski definition) is 1. The fourth-order valence-electron chi connectivity index (χ4n) is 2.56. The third kappa shape index (κ3) is 5.23. The van der Waals surface area contributed by atoms with E-state index in [-0.39, 0.29) is 12.5 Å². The van der Waals surface area contributed by atoms with Crippen LogP contribution in [-0.4, -0.2) is 34.2 Å². The number of rotatable bonds is 8. The molecule has 140 valence electrons. The summed E-state index contributed by atoms with van der Waals surface area (Å²) in [6.45, 7) is 2.00. The van der Waals surface area contributed by atoms with Gasteiger partial charge < -0.3 is 10.1 Å². The molecule has 0 saturated carbocycles. The van der Waals surface area contributed by atoms with Crippen LogP contribution in [0, 0.1) is 0 Å². The molecule has 26 heavy (non-hydrogen) atoms. The summed E-state index contributed by atoms with van der Waals surface area (Å²) in [7, 11) is -1.99. The minimum atomic E-state index is -3.58. The van der Waals surface area contributed by atoms with E-state index in [1.165, 1.54) is 0 Å². The van der Waals surface area contributed by atoms with Crippen molar-refractivity contribution in [1.82, 2.24) is 5.32 Å². The molecule has 0 spiro atoms. The van der Waals surface area contributed by atoms with Gasteiger partial charge in [-0.25, -0.2) is 8.42 Å². The topological polar surface area (TPSA) is 75.7 Å². The number of para-hydroxylation sites is 1. The van der Waals surface area contributed by atoms with Crippen LogP contribution in [-0.2, 0) is 27.8 Å². The van der Waals surface area contributed by atoms with Crippen LogP contribution in [0.25, 0.3) is 0 Å². The first-order valence-electron chi connectivity index (χ1n) is 8.30. The normalized spacial score (nSPS) is 11.0. The Morgan fingerprint density at radius 3 is 2.35 bits per heavy atom. The summed E-state index contributed by atoms with van der Waals surface area (Å²) in [4.78, 5) is 12.3. The lowest BCUT2D eigenvalue weighted by Crippen LogP contribution is -2.40. The van der Waals surface area contributed by atoms with Crippen LogP contribution in [0.5, 0.6) is 5.75 Å². The van der Waals surface area contributed by atoms with Crippen molar-refractivity contribution in [2.24, 2.45) is 0 Å². The fourth-order valence-corrected chi connectivity index (χ4v) is 3.45. The summed E-state index contributed by atoms with van der Waals surface area (Å²) in [5.41, 5.74) is 2.32. The highest BCUT2D eigenvalue weighted by Crippen LogP contribution is 2.23. The molecule has 0 aliphatic heterocycles. The first kappa shape index (κ1) is 19.8. The SMILES string of the molecule is CCc1ccccc1N(CC(=O)NCc1ccc(OC)cc1)S(C)(=O)=O. The summed E-state index contributed by atoms with van der Waals surface area (Å²) in [5, 5.41) is 2.76. The summed E-state index contributed by atoms with van der Waals surface area (Å²) in [6.07, 6.45) is 1.78. The number of amides is 1. The van der Waals surface area contributed by atoms with Gasteiger partial charge in [-0.1, -0.05) is 37.3 Å². The molecule has 0 bridgehead atoms. The Balaban J connectivity index is 2.09. The quantitative estimate of drug-likeness (QED) is 0.767. The second-order valence-electron chi connectivity index (χ2n) is 5.88. The van der Waals surface area contributed by atoms with Crippen LogP contribution >= 0.6 is 0 Å². The lowest BCUT2D eigenvalue weighted by molar-refractivity contribution is -0.119. The Kier molecular flexibility index (Phi) is 6.63. The third-order valence-electron chi connectivity index (χ3n) is 3.98. The number of anilines is 1. The van der Waals surface area contributed by atoms with Gasteiger partial charge in [-0.3, -0.25) is 9.10 Å². The molecule has 0 aromatic heterocycles. The summed E-state index contributed by atoms with van der Waals surface area (Å²) >= 11 is 0. The van der Waals surface area contributed by atoms with Crippen LogP contribution in [0.4, 0.5) is 5.69 Å². The monoisotopic (exact) mass is 376 g/mol. The molecular weight excluding hydrogens is 352 g/mol. The number of nitrogens with one attached hydrogen (secondary N) is 1. The average Bonchev–Trinajstić information content (AvgIpc) is 2.64.